The van der Waals surface area contributed by atoms with Crippen molar-refractivity contribution in [1.82, 2.24) is 0 Å². The molecule has 0 aliphatic rings. The van der Waals surface area contributed by atoms with Gasteiger partial charge >= 0.3 is 5.97 Å². The van der Waals surface area contributed by atoms with Gasteiger partial charge in [0, 0.05) is 10.4 Å². The highest BCUT2D eigenvalue weighted by Gasteiger charge is 2.19. The van der Waals surface area contributed by atoms with Crippen molar-refractivity contribution in [2.45, 2.75) is 26.7 Å². The third-order valence-electron chi connectivity index (χ3n) is 3.18. The van der Waals surface area contributed by atoms with Gasteiger partial charge in [0.25, 0.3) is 0 Å². The number of rotatable bonds is 3. The predicted octanol–water partition coefficient (Wildman–Crippen LogP) is 4.13. The fraction of sp³-hybridized carbons (Fsp3) is 0.267. The molecule has 3 nitrogen and oxygen atoms in total. The molecule has 0 saturated carbocycles. The van der Waals surface area contributed by atoms with Gasteiger partial charge in [0.2, 0.25) is 0 Å². The summed E-state index contributed by atoms with van der Waals surface area (Å²) in [6, 6.07) is 8.15. The van der Waals surface area contributed by atoms with E-state index in [1.54, 1.807) is 0 Å². The summed E-state index contributed by atoms with van der Waals surface area (Å²) >= 11 is 1.23. The van der Waals surface area contributed by atoms with Gasteiger partial charge in [-0.05, 0) is 24.0 Å². The maximum atomic E-state index is 11.1. The molecule has 0 aliphatic heterocycles. The Morgan fingerprint density at radius 3 is 2.26 bits per heavy atom. The molecule has 0 aliphatic carbocycles. The number of thiophene rings is 1. The van der Waals surface area contributed by atoms with E-state index in [1.165, 1.54) is 16.9 Å². The lowest BCUT2D eigenvalue weighted by Gasteiger charge is -2.07. The Kier molecular flexibility index (Phi) is 3.62. The molecular formula is C15H17NO2S. The van der Waals surface area contributed by atoms with Crippen LogP contribution in [0.4, 0.5) is 5.69 Å². The van der Waals surface area contributed by atoms with E-state index in [0.29, 0.717) is 11.6 Å². The highest BCUT2D eigenvalue weighted by Crippen LogP contribution is 2.38. The molecule has 0 atom stereocenters. The number of aromatic carboxylic acids is 1. The first-order valence-electron chi connectivity index (χ1n) is 6.14. The molecule has 2 rings (SSSR count). The summed E-state index contributed by atoms with van der Waals surface area (Å²) in [7, 11) is 0. The van der Waals surface area contributed by atoms with Crippen LogP contribution in [0.25, 0.3) is 11.1 Å². The van der Waals surface area contributed by atoms with Crippen molar-refractivity contribution in [3.05, 3.63) is 39.6 Å². The number of aryl methyl sites for hydroxylation is 1. The Hall–Kier alpha value is -1.81. The normalized spacial score (nSPS) is 10.9. The third kappa shape index (κ3) is 2.49. The highest BCUT2D eigenvalue weighted by molar-refractivity contribution is 7.15. The number of carboxylic acids is 1. The molecule has 0 radical (unpaired) electrons. The van der Waals surface area contributed by atoms with Crippen molar-refractivity contribution in [3.8, 4) is 11.1 Å². The molecule has 4 heteroatoms. The van der Waals surface area contributed by atoms with Crippen LogP contribution in [-0.4, -0.2) is 11.1 Å². The van der Waals surface area contributed by atoms with Crippen molar-refractivity contribution in [3.63, 3.8) is 0 Å². The average Bonchev–Trinajstić information content (AvgIpc) is 2.65. The zero-order chi connectivity index (χ0) is 14.2. The number of nitrogen functional groups attached to an aromatic ring is 1. The van der Waals surface area contributed by atoms with Gasteiger partial charge in [0.05, 0.1) is 5.69 Å². The zero-order valence-electron chi connectivity index (χ0n) is 11.2. The molecule has 1 heterocycles. The summed E-state index contributed by atoms with van der Waals surface area (Å²) in [5.74, 6) is -0.486. The van der Waals surface area contributed by atoms with Crippen LogP contribution >= 0.6 is 11.3 Å². The molecule has 0 unspecified atom stereocenters. The van der Waals surface area contributed by atoms with E-state index < -0.39 is 5.97 Å². The van der Waals surface area contributed by atoms with Crippen LogP contribution < -0.4 is 5.73 Å². The fourth-order valence-electron chi connectivity index (χ4n) is 2.11. The minimum Gasteiger partial charge on any atom is -0.477 e. The van der Waals surface area contributed by atoms with Crippen LogP contribution in [0.2, 0.25) is 0 Å². The third-order valence-corrected chi connectivity index (χ3v) is 4.29. The maximum absolute atomic E-state index is 11.1. The number of carbonyl (C=O) groups is 1. The maximum Gasteiger partial charge on any atom is 0.348 e. The van der Waals surface area contributed by atoms with Crippen molar-refractivity contribution < 1.29 is 9.90 Å². The molecule has 1 aromatic heterocycles. The average molecular weight is 275 g/mol. The van der Waals surface area contributed by atoms with Gasteiger partial charge in [0.15, 0.2) is 0 Å². The summed E-state index contributed by atoms with van der Waals surface area (Å²) < 4.78 is 0. The Bertz CT molecular complexity index is 612. The van der Waals surface area contributed by atoms with E-state index in [0.717, 1.165) is 16.0 Å². The minimum atomic E-state index is -0.962. The molecule has 0 saturated heterocycles. The summed E-state index contributed by atoms with van der Waals surface area (Å²) in [6.07, 6.45) is 0. The SMILES string of the molecule is Cc1sc(C(=O)O)c(N)c1-c1ccc(C(C)C)cc1. The van der Waals surface area contributed by atoms with Crippen molar-refractivity contribution >= 4 is 23.0 Å². The van der Waals surface area contributed by atoms with Gasteiger partial charge in [-0.3, -0.25) is 0 Å². The number of carboxylic acid groups (broad SMARTS) is 1. The first-order chi connectivity index (χ1) is 8.91. The molecule has 0 amide bonds. The smallest absolute Gasteiger partial charge is 0.348 e. The quantitative estimate of drug-likeness (QED) is 0.885. The van der Waals surface area contributed by atoms with E-state index in [1.807, 2.05) is 19.1 Å². The Morgan fingerprint density at radius 1 is 1.26 bits per heavy atom. The molecule has 19 heavy (non-hydrogen) atoms. The van der Waals surface area contributed by atoms with Gasteiger partial charge in [-0.25, -0.2) is 4.79 Å². The predicted molar refractivity (Wildman–Crippen MR) is 80.0 cm³/mol. The van der Waals surface area contributed by atoms with Crippen LogP contribution in [-0.2, 0) is 0 Å². The molecule has 1 aromatic carbocycles. The Balaban J connectivity index is 2.50. The monoisotopic (exact) mass is 275 g/mol. The standard InChI is InChI=1S/C15H17NO2S/c1-8(2)10-4-6-11(7-5-10)12-9(3)19-14(13(12)16)15(17)18/h4-8H,16H2,1-3H3,(H,17,18). The van der Waals surface area contributed by atoms with Gasteiger partial charge in [-0.15, -0.1) is 11.3 Å². The van der Waals surface area contributed by atoms with E-state index in [9.17, 15) is 4.79 Å². The summed E-state index contributed by atoms with van der Waals surface area (Å²) in [6.45, 7) is 6.18. The summed E-state index contributed by atoms with van der Waals surface area (Å²) in [4.78, 5) is 12.3. The number of hydrogen-bond acceptors (Lipinski definition) is 3. The van der Waals surface area contributed by atoms with Crippen molar-refractivity contribution in [1.29, 1.82) is 0 Å². The van der Waals surface area contributed by atoms with Crippen LogP contribution in [0.5, 0.6) is 0 Å². The molecule has 2 aromatic rings. The second kappa shape index (κ2) is 5.05. The number of nitrogens with two attached hydrogens (primary N) is 1. The second-order valence-electron chi connectivity index (χ2n) is 4.86. The van der Waals surface area contributed by atoms with E-state index >= 15 is 0 Å². The van der Waals surface area contributed by atoms with E-state index in [2.05, 4.69) is 26.0 Å². The molecular weight excluding hydrogens is 258 g/mol. The lowest BCUT2D eigenvalue weighted by Crippen LogP contribution is -1.98. The first kappa shape index (κ1) is 13.6. The summed E-state index contributed by atoms with van der Waals surface area (Å²) in [5, 5.41) is 9.10. The Labute approximate surface area is 116 Å². The first-order valence-corrected chi connectivity index (χ1v) is 6.96. The second-order valence-corrected chi connectivity index (χ2v) is 6.08. The van der Waals surface area contributed by atoms with E-state index in [4.69, 9.17) is 10.8 Å². The minimum absolute atomic E-state index is 0.223. The lowest BCUT2D eigenvalue weighted by molar-refractivity contribution is 0.0703. The number of hydrogen-bond donors (Lipinski definition) is 2. The molecule has 0 fully saturated rings. The molecule has 100 valence electrons. The largest absolute Gasteiger partial charge is 0.477 e. The number of benzene rings is 1. The van der Waals surface area contributed by atoms with Gasteiger partial charge < -0.3 is 10.8 Å². The Morgan fingerprint density at radius 2 is 1.84 bits per heavy atom. The highest BCUT2D eigenvalue weighted by atomic mass is 32.1. The fourth-order valence-corrected chi connectivity index (χ4v) is 3.05. The molecule has 0 spiro atoms. The van der Waals surface area contributed by atoms with Crippen molar-refractivity contribution in [2.24, 2.45) is 0 Å². The van der Waals surface area contributed by atoms with Crippen LogP contribution in [0.15, 0.2) is 24.3 Å². The van der Waals surface area contributed by atoms with Gasteiger partial charge in [0.1, 0.15) is 4.88 Å². The zero-order valence-corrected chi connectivity index (χ0v) is 12.0. The van der Waals surface area contributed by atoms with Crippen LogP contribution in [0.1, 0.15) is 39.9 Å². The van der Waals surface area contributed by atoms with Crippen LogP contribution in [0.3, 0.4) is 0 Å². The molecule has 3 N–H and O–H groups in total. The lowest BCUT2D eigenvalue weighted by atomic mass is 9.98. The van der Waals surface area contributed by atoms with Gasteiger partial charge in [-0.2, -0.15) is 0 Å². The van der Waals surface area contributed by atoms with Crippen LogP contribution in [0, 0.1) is 6.92 Å². The molecule has 0 bridgehead atoms. The van der Waals surface area contributed by atoms with Gasteiger partial charge in [-0.1, -0.05) is 38.1 Å². The van der Waals surface area contributed by atoms with E-state index in [-0.39, 0.29) is 4.88 Å². The van der Waals surface area contributed by atoms with Crippen molar-refractivity contribution in [2.75, 3.05) is 5.73 Å². The number of anilines is 1. The topological polar surface area (TPSA) is 63.3 Å². The summed E-state index contributed by atoms with van der Waals surface area (Å²) in [5.41, 5.74) is 9.41.